The lowest BCUT2D eigenvalue weighted by Gasteiger charge is -2.38. The average molecular weight is 651 g/mol. The van der Waals surface area contributed by atoms with Crippen LogP contribution in [0.5, 0.6) is 5.75 Å². The molecule has 12 heteroatoms. The van der Waals surface area contributed by atoms with Gasteiger partial charge in [-0.2, -0.15) is 0 Å². The Bertz CT molecular complexity index is 1810. The number of hydrogen-bond donors (Lipinski definition) is 3. The number of aliphatic hydroxyl groups excluding tert-OH is 1. The van der Waals surface area contributed by atoms with Crippen molar-refractivity contribution in [3.05, 3.63) is 95.5 Å². The van der Waals surface area contributed by atoms with Crippen LogP contribution in [0.1, 0.15) is 24.2 Å². The molecule has 45 heavy (non-hydrogen) atoms. The van der Waals surface area contributed by atoms with Gasteiger partial charge in [-0.15, -0.1) is 0 Å². The number of likely N-dealkylation sites (N-methyl/N-ethyl adjacent to an activating group) is 1. The minimum Gasteiger partial charge on any atom is -0.485 e. The number of carbonyl (C=O) groups is 2. The second-order valence-corrected chi connectivity index (χ2v) is 13.3. The maximum absolute atomic E-state index is 13.8. The van der Waals surface area contributed by atoms with Gasteiger partial charge in [-0.3, -0.25) is 9.52 Å². The summed E-state index contributed by atoms with van der Waals surface area (Å²) in [7, 11) is -2.44. The number of benzene rings is 4. The van der Waals surface area contributed by atoms with Gasteiger partial charge in [-0.25, -0.2) is 13.2 Å². The van der Waals surface area contributed by atoms with Gasteiger partial charge in [0.05, 0.1) is 41.0 Å². The molecule has 1 aliphatic heterocycles. The lowest BCUT2D eigenvalue weighted by atomic mass is 9.99. The van der Waals surface area contributed by atoms with Crippen molar-refractivity contribution in [2.45, 2.75) is 30.9 Å². The van der Waals surface area contributed by atoms with Gasteiger partial charge >= 0.3 is 6.03 Å². The zero-order chi connectivity index (χ0) is 32.3. The number of halogens is 1. The molecule has 0 unspecified atom stereocenters. The van der Waals surface area contributed by atoms with Crippen molar-refractivity contribution in [3.63, 3.8) is 0 Å². The topological polar surface area (TPSA) is 128 Å². The molecule has 0 fully saturated rings. The van der Waals surface area contributed by atoms with E-state index in [0.717, 1.165) is 10.8 Å². The third-order valence-electron chi connectivity index (χ3n) is 7.89. The highest BCUT2D eigenvalue weighted by Crippen LogP contribution is 2.36. The Hall–Kier alpha value is -4.32. The predicted octanol–water partition coefficient (Wildman–Crippen LogP) is 5.68. The zero-order valence-corrected chi connectivity index (χ0v) is 26.7. The van der Waals surface area contributed by atoms with Crippen molar-refractivity contribution in [2.75, 3.05) is 36.8 Å². The summed E-state index contributed by atoms with van der Waals surface area (Å²) in [6.45, 7) is 3.71. The van der Waals surface area contributed by atoms with E-state index >= 15 is 0 Å². The highest BCUT2D eigenvalue weighted by Gasteiger charge is 2.35. The molecule has 3 atom stereocenters. The lowest BCUT2D eigenvalue weighted by Crippen LogP contribution is -2.50. The van der Waals surface area contributed by atoms with E-state index in [9.17, 15) is 23.1 Å². The highest BCUT2D eigenvalue weighted by atomic mass is 35.5. The van der Waals surface area contributed by atoms with Gasteiger partial charge in [-0.05, 0) is 54.8 Å². The van der Waals surface area contributed by atoms with Crippen LogP contribution in [0.15, 0.2) is 89.8 Å². The largest absolute Gasteiger partial charge is 0.485 e. The van der Waals surface area contributed by atoms with Crippen LogP contribution in [0.4, 0.5) is 16.2 Å². The maximum Gasteiger partial charge on any atom is 0.321 e. The molecular weight excluding hydrogens is 616 g/mol. The monoisotopic (exact) mass is 650 g/mol. The number of rotatable bonds is 8. The van der Waals surface area contributed by atoms with Crippen molar-refractivity contribution in [3.8, 4) is 5.75 Å². The van der Waals surface area contributed by atoms with E-state index in [1.54, 1.807) is 31.0 Å². The van der Waals surface area contributed by atoms with E-state index < -0.39 is 28.1 Å². The van der Waals surface area contributed by atoms with Crippen LogP contribution in [0, 0.1) is 5.92 Å². The van der Waals surface area contributed by atoms with Crippen molar-refractivity contribution < 1.29 is 27.9 Å². The van der Waals surface area contributed by atoms with Crippen molar-refractivity contribution in [2.24, 2.45) is 5.92 Å². The lowest BCUT2D eigenvalue weighted by molar-refractivity contribution is 0.0373. The second-order valence-electron chi connectivity index (χ2n) is 11.2. The number of fused-ring (bicyclic) bond motifs is 2. The summed E-state index contributed by atoms with van der Waals surface area (Å²) in [5.74, 6) is -0.689. The molecule has 3 amide bonds. The molecule has 0 spiro atoms. The van der Waals surface area contributed by atoms with Gasteiger partial charge in [0.15, 0.2) is 5.75 Å². The molecule has 5 rings (SSSR count). The summed E-state index contributed by atoms with van der Waals surface area (Å²) < 4.78 is 35.7. The number of amides is 3. The Morgan fingerprint density at radius 2 is 1.71 bits per heavy atom. The number of para-hydroxylation sites is 1. The number of nitrogens with zero attached hydrogens (tertiary/aromatic N) is 2. The Morgan fingerprint density at radius 1 is 1.04 bits per heavy atom. The first-order chi connectivity index (χ1) is 21.5. The van der Waals surface area contributed by atoms with E-state index in [4.69, 9.17) is 16.3 Å². The molecule has 3 N–H and O–H groups in total. The van der Waals surface area contributed by atoms with Gasteiger partial charge in [-0.1, -0.05) is 61.0 Å². The third-order valence-corrected chi connectivity index (χ3v) is 9.52. The van der Waals surface area contributed by atoms with Gasteiger partial charge in [0.2, 0.25) is 0 Å². The molecule has 4 aromatic rings. The zero-order valence-electron chi connectivity index (χ0n) is 25.1. The SMILES string of the molecule is C[C@H]1CN([C@@H](C)CO)C(=O)c2cccc(NS(=O)(=O)c3ccc(Cl)cc3)c2O[C@@H]1CN(C)C(=O)Nc1cccc2ccccc12. The Morgan fingerprint density at radius 3 is 2.44 bits per heavy atom. The number of nitrogens with one attached hydrogen (secondary N) is 2. The fourth-order valence-corrected chi connectivity index (χ4v) is 6.45. The molecule has 0 saturated carbocycles. The van der Waals surface area contributed by atoms with E-state index in [1.165, 1.54) is 35.2 Å². The third kappa shape index (κ3) is 7.00. The first-order valence-corrected chi connectivity index (χ1v) is 16.3. The molecule has 4 aromatic carbocycles. The van der Waals surface area contributed by atoms with Crippen LogP contribution >= 0.6 is 11.6 Å². The number of ether oxygens (including phenoxy) is 1. The molecule has 1 heterocycles. The molecular formula is C33H35ClN4O6S. The normalized spacial score (nSPS) is 17.4. The van der Waals surface area contributed by atoms with Gasteiger partial charge in [0.1, 0.15) is 6.10 Å². The van der Waals surface area contributed by atoms with Gasteiger partial charge in [0, 0.05) is 29.9 Å². The average Bonchev–Trinajstić information content (AvgIpc) is 3.02. The Balaban J connectivity index is 1.47. The molecule has 0 bridgehead atoms. The minimum atomic E-state index is -4.08. The van der Waals surface area contributed by atoms with Crippen LogP contribution < -0.4 is 14.8 Å². The van der Waals surface area contributed by atoms with E-state index in [2.05, 4.69) is 10.0 Å². The molecule has 10 nitrogen and oxygen atoms in total. The van der Waals surface area contributed by atoms with Gasteiger partial charge < -0.3 is 25.0 Å². The highest BCUT2D eigenvalue weighted by molar-refractivity contribution is 7.92. The van der Waals surface area contributed by atoms with E-state index in [0.29, 0.717) is 10.7 Å². The molecule has 0 radical (unpaired) electrons. The smallest absolute Gasteiger partial charge is 0.321 e. The molecule has 1 aliphatic rings. The number of hydrogen-bond acceptors (Lipinski definition) is 6. The molecule has 0 aromatic heterocycles. The van der Waals surface area contributed by atoms with Crippen molar-refractivity contribution >= 4 is 55.7 Å². The van der Waals surface area contributed by atoms with Gasteiger partial charge in [0.25, 0.3) is 15.9 Å². The quantitative estimate of drug-likeness (QED) is 0.225. The second kappa shape index (κ2) is 13.4. The summed E-state index contributed by atoms with van der Waals surface area (Å²) in [5, 5.41) is 15.2. The summed E-state index contributed by atoms with van der Waals surface area (Å²) in [6.07, 6.45) is -0.658. The van der Waals surface area contributed by atoms with E-state index in [-0.39, 0.29) is 53.5 Å². The Kier molecular flexibility index (Phi) is 9.52. The Labute approximate surface area is 267 Å². The van der Waals surface area contributed by atoms with Crippen LogP contribution in [0.3, 0.4) is 0 Å². The standard InChI is InChI=1S/C33H35ClN4O6S/c1-21-18-38(22(2)20-39)32(40)27-11-7-13-29(36-45(42,43)25-16-14-24(34)15-17-25)31(27)44-30(21)19-37(3)33(41)35-28-12-6-9-23-8-4-5-10-26(23)28/h4-17,21-22,30,36,39H,18-20H2,1-3H3,(H,35,41)/t21-,22-,30+/m0/s1. The summed E-state index contributed by atoms with van der Waals surface area (Å²) >= 11 is 5.95. The number of urea groups is 1. The number of anilines is 2. The van der Waals surface area contributed by atoms with Crippen molar-refractivity contribution in [1.29, 1.82) is 0 Å². The summed E-state index contributed by atoms with van der Waals surface area (Å²) in [4.78, 5) is 30.2. The summed E-state index contributed by atoms with van der Waals surface area (Å²) in [6, 6.07) is 22.8. The van der Waals surface area contributed by atoms with Crippen molar-refractivity contribution in [1.82, 2.24) is 9.80 Å². The first-order valence-electron chi connectivity index (χ1n) is 14.5. The molecule has 0 saturated heterocycles. The van der Waals surface area contributed by atoms with Crippen LogP contribution in [-0.2, 0) is 10.0 Å². The maximum atomic E-state index is 13.8. The molecule has 0 aliphatic carbocycles. The van der Waals surface area contributed by atoms with Crippen LogP contribution in [-0.4, -0.2) is 74.2 Å². The fraction of sp³-hybridized carbons (Fsp3) is 0.273. The first kappa shape index (κ1) is 32.1. The van der Waals surface area contributed by atoms with E-state index in [1.807, 2.05) is 49.4 Å². The van der Waals surface area contributed by atoms with Crippen LogP contribution in [0.25, 0.3) is 10.8 Å². The number of sulfonamides is 1. The fourth-order valence-electron chi connectivity index (χ4n) is 5.26. The molecule has 236 valence electrons. The van der Waals surface area contributed by atoms with Crippen LogP contribution in [0.2, 0.25) is 5.02 Å². The predicted molar refractivity (Wildman–Crippen MR) is 175 cm³/mol. The number of carbonyl (C=O) groups excluding carboxylic acids is 2. The number of aliphatic hydroxyl groups is 1. The minimum absolute atomic E-state index is 0.0213. The summed E-state index contributed by atoms with van der Waals surface area (Å²) in [5.41, 5.74) is 0.857.